The Morgan fingerprint density at radius 3 is 2.64 bits per heavy atom. The average Bonchev–Trinajstić information content (AvgIpc) is 3.52. The van der Waals surface area contributed by atoms with E-state index in [1.807, 2.05) is 0 Å². The molecule has 6 rings (SSSR count). The van der Waals surface area contributed by atoms with Gasteiger partial charge in [0.1, 0.15) is 35.4 Å². The fourth-order valence-corrected chi connectivity index (χ4v) is 6.08. The van der Waals surface area contributed by atoms with Crippen LogP contribution in [0.15, 0.2) is 47.3 Å². The Kier molecular flexibility index (Phi) is 5.03. The summed E-state index contributed by atoms with van der Waals surface area (Å²) in [5.74, 6) is -1.10. The highest BCUT2D eigenvalue weighted by Crippen LogP contribution is 2.69. The van der Waals surface area contributed by atoms with Gasteiger partial charge in [0.05, 0.1) is 40.9 Å². The van der Waals surface area contributed by atoms with Gasteiger partial charge in [-0.1, -0.05) is 19.9 Å². The number of aliphatic hydroxyl groups excluding tert-OH is 2. The second kappa shape index (κ2) is 7.94. The molecule has 3 heterocycles. The molecule has 3 atom stereocenters. The first-order valence-corrected chi connectivity index (χ1v) is 11.7. The topological polar surface area (TPSA) is 118 Å². The highest BCUT2D eigenvalue weighted by molar-refractivity contribution is 5.64. The summed E-state index contributed by atoms with van der Waals surface area (Å²) in [4.78, 5) is 13.5. The summed E-state index contributed by atoms with van der Waals surface area (Å²) in [6.45, 7) is 3.81. The van der Waals surface area contributed by atoms with E-state index >= 15 is 0 Å². The predicted molar refractivity (Wildman–Crippen MR) is 123 cm³/mol. The average molecular weight is 491 g/mol. The maximum Gasteiger partial charge on any atom is 0.247 e. The first-order valence-electron chi connectivity index (χ1n) is 11.7. The molecule has 184 valence electrons. The van der Waals surface area contributed by atoms with E-state index in [-0.39, 0.29) is 34.2 Å². The highest BCUT2D eigenvalue weighted by atomic mass is 19.1. The van der Waals surface area contributed by atoms with Crippen molar-refractivity contribution in [1.82, 2.24) is 25.1 Å². The van der Waals surface area contributed by atoms with Crippen LogP contribution in [0.1, 0.15) is 61.4 Å². The van der Waals surface area contributed by atoms with E-state index in [2.05, 4.69) is 34.0 Å². The number of nitrogens with zero attached hydrogens (tertiary/aromatic N) is 5. The number of fused-ring (bicyclic) bond motifs is 5. The van der Waals surface area contributed by atoms with E-state index in [4.69, 9.17) is 9.40 Å². The van der Waals surface area contributed by atoms with Crippen molar-refractivity contribution in [2.75, 3.05) is 6.61 Å². The lowest BCUT2D eigenvalue weighted by molar-refractivity contribution is 0.0922. The van der Waals surface area contributed by atoms with Gasteiger partial charge in [0.2, 0.25) is 5.89 Å². The monoisotopic (exact) mass is 491 g/mol. The lowest BCUT2D eigenvalue weighted by Gasteiger charge is -2.37. The van der Waals surface area contributed by atoms with Gasteiger partial charge in [-0.15, -0.1) is 5.10 Å². The molecule has 1 unspecified atom stereocenters. The largest absolute Gasteiger partial charge is 0.443 e. The Labute approximate surface area is 205 Å². The first-order chi connectivity index (χ1) is 17.3. The van der Waals surface area contributed by atoms with Gasteiger partial charge in [0, 0.05) is 6.20 Å². The lowest BCUT2D eigenvalue weighted by atomic mass is 9.66. The van der Waals surface area contributed by atoms with Crippen molar-refractivity contribution in [1.29, 1.82) is 0 Å². The van der Waals surface area contributed by atoms with E-state index < -0.39 is 29.8 Å². The Balaban J connectivity index is 1.47. The summed E-state index contributed by atoms with van der Waals surface area (Å²) in [6.07, 6.45) is 4.95. The van der Waals surface area contributed by atoms with Crippen LogP contribution in [0.4, 0.5) is 8.78 Å². The third kappa shape index (κ3) is 3.00. The molecule has 0 saturated heterocycles. The minimum atomic E-state index is -1.16. The molecule has 1 saturated carbocycles. The summed E-state index contributed by atoms with van der Waals surface area (Å²) < 4.78 is 34.4. The summed E-state index contributed by atoms with van der Waals surface area (Å²) in [5, 5.41) is 27.8. The second-order valence-electron chi connectivity index (χ2n) is 9.91. The number of halogens is 2. The maximum atomic E-state index is 14.5. The third-order valence-corrected chi connectivity index (χ3v) is 7.93. The highest BCUT2D eigenvalue weighted by Gasteiger charge is 2.65. The number of aliphatic hydroxyl groups is 2. The van der Waals surface area contributed by atoms with Crippen LogP contribution in [0.25, 0.3) is 22.8 Å². The Morgan fingerprint density at radius 2 is 1.89 bits per heavy atom. The molecule has 4 aromatic rings. The summed E-state index contributed by atoms with van der Waals surface area (Å²) in [7, 11) is 0. The van der Waals surface area contributed by atoms with E-state index in [1.165, 1.54) is 30.7 Å². The normalized spacial score (nSPS) is 22.6. The van der Waals surface area contributed by atoms with Crippen molar-refractivity contribution < 1.29 is 23.4 Å². The number of benzene rings is 1. The molecule has 0 aliphatic heterocycles. The molecule has 0 amide bonds. The molecule has 2 aliphatic rings. The molecule has 0 spiro atoms. The van der Waals surface area contributed by atoms with Gasteiger partial charge >= 0.3 is 0 Å². The van der Waals surface area contributed by atoms with E-state index in [1.54, 1.807) is 12.3 Å². The van der Waals surface area contributed by atoms with Gasteiger partial charge in [-0.05, 0) is 47.9 Å². The van der Waals surface area contributed by atoms with Gasteiger partial charge < -0.3 is 14.6 Å². The van der Waals surface area contributed by atoms with Crippen molar-refractivity contribution >= 4 is 0 Å². The van der Waals surface area contributed by atoms with Crippen LogP contribution in [-0.2, 0) is 5.41 Å². The van der Waals surface area contributed by atoms with Gasteiger partial charge in [-0.25, -0.2) is 18.7 Å². The lowest BCUT2D eigenvalue weighted by Crippen LogP contribution is -2.38. The van der Waals surface area contributed by atoms with Crippen molar-refractivity contribution in [2.24, 2.45) is 5.41 Å². The van der Waals surface area contributed by atoms with Crippen LogP contribution in [-0.4, -0.2) is 42.0 Å². The smallest absolute Gasteiger partial charge is 0.247 e. The summed E-state index contributed by atoms with van der Waals surface area (Å²) in [6, 6.07) is 5.49. The predicted octanol–water partition coefficient (Wildman–Crippen LogP) is 4.10. The van der Waals surface area contributed by atoms with Crippen LogP contribution in [0.2, 0.25) is 0 Å². The minimum Gasteiger partial charge on any atom is -0.443 e. The molecular weight excluding hydrogens is 468 g/mol. The molecule has 0 radical (unpaired) electrons. The van der Waals surface area contributed by atoms with Crippen LogP contribution < -0.4 is 0 Å². The van der Waals surface area contributed by atoms with Crippen LogP contribution in [0.5, 0.6) is 0 Å². The summed E-state index contributed by atoms with van der Waals surface area (Å²) >= 11 is 0. The van der Waals surface area contributed by atoms with Crippen molar-refractivity contribution in [2.45, 2.75) is 44.1 Å². The summed E-state index contributed by atoms with van der Waals surface area (Å²) in [5.41, 5.74) is 1.94. The molecule has 2 bridgehead atoms. The van der Waals surface area contributed by atoms with E-state index in [0.29, 0.717) is 11.4 Å². The van der Waals surface area contributed by atoms with Crippen molar-refractivity contribution in [3.63, 3.8) is 0 Å². The molecule has 1 fully saturated rings. The fraction of sp³-hybridized carbons (Fsp3) is 0.346. The van der Waals surface area contributed by atoms with Crippen molar-refractivity contribution in [3.05, 3.63) is 77.2 Å². The van der Waals surface area contributed by atoms with E-state index in [0.717, 1.165) is 24.1 Å². The third-order valence-electron chi connectivity index (χ3n) is 7.93. The Hall–Kier alpha value is -3.63. The quantitative estimate of drug-likeness (QED) is 0.429. The van der Waals surface area contributed by atoms with E-state index in [9.17, 15) is 19.0 Å². The van der Waals surface area contributed by atoms with Crippen molar-refractivity contribution in [3.8, 4) is 22.8 Å². The number of aromatic nitrogens is 5. The van der Waals surface area contributed by atoms with Crippen LogP contribution in [0.3, 0.4) is 0 Å². The molecule has 1 aromatic carbocycles. The SMILES string of the molecule is CC1(C)[C@H]2CC[C@]1(c1cncc(-c3nc(C(O)CO)co3)n1)c1nnc(-c3c(F)cccc3F)cc12. The zero-order valence-electron chi connectivity index (χ0n) is 19.6. The van der Waals surface area contributed by atoms with Gasteiger partial charge in [0.15, 0.2) is 0 Å². The van der Waals surface area contributed by atoms with Gasteiger partial charge in [-0.3, -0.25) is 4.98 Å². The molecular formula is C26H23F2N5O3. The van der Waals surface area contributed by atoms with Gasteiger partial charge in [0.25, 0.3) is 0 Å². The fourth-order valence-electron chi connectivity index (χ4n) is 6.08. The maximum absolute atomic E-state index is 14.5. The Bertz CT molecular complexity index is 1470. The Morgan fingerprint density at radius 1 is 1.11 bits per heavy atom. The molecule has 3 aromatic heterocycles. The van der Waals surface area contributed by atoms with Crippen LogP contribution in [0, 0.1) is 17.0 Å². The molecule has 36 heavy (non-hydrogen) atoms. The van der Waals surface area contributed by atoms with Gasteiger partial charge in [-0.2, -0.15) is 5.10 Å². The number of hydrogen-bond donors (Lipinski definition) is 2. The molecule has 2 aliphatic carbocycles. The second-order valence-corrected chi connectivity index (χ2v) is 9.91. The number of oxazole rings is 1. The zero-order valence-corrected chi connectivity index (χ0v) is 19.6. The molecule has 2 N–H and O–H groups in total. The van der Waals surface area contributed by atoms with Crippen LogP contribution >= 0.6 is 0 Å². The number of hydrogen-bond acceptors (Lipinski definition) is 8. The zero-order chi connectivity index (χ0) is 25.2. The first kappa shape index (κ1) is 22.8. The molecule has 10 heteroatoms. The molecule has 8 nitrogen and oxygen atoms in total. The standard InChI is InChI=1S/C26H23F2N5O3/c1-25(2)14-6-7-26(25,21-10-29-9-18(30-21)24-31-19(12-36-24)20(35)11-34)23-13(14)8-17(32-33-23)22-15(27)4-3-5-16(22)28/h3-5,8-10,12,14,20,34-35H,6-7,11H2,1-2H3/t14-,20?,26-/m0/s1. The number of rotatable bonds is 5. The minimum absolute atomic E-state index is 0.0927.